The first-order valence-corrected chi connectivity index (χ1v) is 10.4. The van der Waals surface area contributed by atoms with Gasteiger partial charge in [-0.3, -0.25) is 4.79 Å². The number of benzene rings is 1. The monoisotopic (exact) mass is 435 g/mol. The van der Waals surface area contributed by atoms with Gasteiger partial charge in [-0.05, 0) is 50.5 Å². The van der Waals surface area contributed by atoms with Crippen molar-refractivity contribution in [1.29, 1.82) is 0 Å². The predicted octanol–water partition coefficient (Wildman–Crippen LogP) is 3.56. The van der Waals surface area contributed by atoms with Crippen molar-refractivity contribution in [2.75, 3.05) is 0 Å². The van der Waals surface area contributed by atoms with Crippen LogP contribution in [0.1, 0.15) is 55.1 Å². The molecule has 1 aliphatic carbocycles. The fourth-order valence-electron chi connectivity index (χ4n) is 4.01. The van der Waals surface area contributed by atoms with E-state index in [1.165, 1.54) is 0 Å². The lowest BCUT2D eigenvalue weighted by molar-refractivity contribution is -0.137. The number of H-pyrrole nitrogens is 1. The van der Waals surface area contributed by atoms with Crippen LogP contribution < -0.4 is 10.6 Å². The van der Waals surface area contributed by atoms with Gasteiger partial charge in [0.15, 0.2) is 5.69 Å². The molecule has 0 fully saturated rings. The largest absolute Gasteiger partial charge is 0.481 e. The number of carboxylic acid groups (broad SMARTS) is 1. The highest BCUT2D eigenvalue weighted by Crippen LogP contribution is 2.40. The molecule has 4 rings (SSSR count). The Morgan fingerprint density at radius 1 is 1.34 bits per heavy atom. The minimum atomic E-state index is -0.786. The van der Waals surface area contributed by atoms with Gasteiger partial charge in [-0.1, -0.05) is 12.6 Å². The van der Waals surface area contributed by atoms with Crippen molar-refractivity contribution < 1.29 is 19.5 Å². The van der Waals surface area contributed by atoms with Gasteiger partial charge < -0.3 is 19.7 Å². The summed E-state index contributed by atoms with van der Waals surface area (Å²) in [4.78, 5) is 23.9. The molecule has 0 saturated carbocycles. The Labute approximate surface area is 184 Å². The van der Waals surface area contributed by atoms with E-state index in [1.54, 1.807) is 12.1 Å². The highest BCUT2D eigenvalue weighted by Gasteiger charge is 2.28. The minimum absolute atomic E-state index is 0.0121. The van der Waals surface area contributed by atoms with Gasteiger partial charge in [-0.25, -0.2) is 4.99 Å². The van der Waals surface area contributed by atoms with Crippen molar-refractivity contribution in [3.8, 4) is 5.88 Å². The van der Waals surface area contributed by atoms with Gasteiger partial charge in [-0.15, -0.1) is 10.2 Å². The van der Waals surface area contributed by atoms with E-state index in [-0.39, 0.29) is 24.3 Å². The summed E-state index contributed by atoms with van der Waals surface area (Å²) in [5.41, 5.74) is 4.73. The maximum absolute atomic E-state index is 11.2. The Kier molecular flexibility index (Phi) is 5.91. The topological polar surface area (TPSA) is 136 Å². The maximum atomic E-state index is 11.2. The van der Waals surface area contributed by atoms with Crippen molar-refractivity contribution in [3.05, 3.63) is 59.4 Å². The third-order valence-electron chi connectivity index (χ3n) is 5.41. The van der Waals surface area contributed by atoms with Crippen LogP contribution in [0.25, 0.3) is 16.6 Å². The molecular weight excluding hydrogens is 410 g/mol. The Bertz CT molecular complexity index is 1200. The van der Waals surface area contributed by atoms with Crippen molar-refractivity contribution in [2.45, 2.75) is 45.1 Å². The number of carbonyl (C=O) groups is 1. The summed E-state index contributed by atoms with van der Waals surface area (Å²) < 4.78 is 5.49. The van der Waals surface area contributed by atoms with Crippen molar-refractivity contribution >= 4 is 28.5 Å². The molecule has 1 aromatic carbocycles. The van der Waals surface area contributed by atoms with Gasteiger partial charge in [0.1, 0.15) is 0 Å². The standard InChI is InChI=1S/C23H25N5O4/c1-12(2)31-20-9-8-19(27-28-20)23(32-24)25-13(3)14-5-7-18-17(10-14)16-6-4-15(11-21(29)30)22(16)26-18/h5,7-10,12,15,26H,3-4,6,11,24H2,1-2H3,(H,29,30). The minimum Gasteiger partial charge on any atom is -0.481 e. The Morgan fingerprint density at radius 3 is 2.81 bits per heavy atom. The number of aliphatic imine (C=N–C) groups is 1. The SMILES string of the molecule is C=C(N=C(ON)c1ccc(OC(C)C)nn1)c1ccc2[nH]c3c(c2c1)CCC3CC(=O)O. The Morgan fingerprint density at radius 2 is 2.16 bits per heavy atom. The van der Waals surface area contributed by atoms with Crippen LogP contribution in [0.15, 0.2) is 41.9 Å². The lowest BCUT2D eigenvalue weighted by Gasteiger charge is -2.09. The van der Waals surface area contributed by atoms with Crippen LogP contribution in [-0.4, -0.2) is 38.3 Å². The molecule has 0 saturated heterocycles. The molecule has 0 bridgehead atoms. The number of hydrogen-bond donors (Lipinski definition) is 3. The van der Waals surface area contributed by atoms with Crippen LogP contribution >= 0.6 is 0 Å². The maximum Gasteiger partial charge on any atom is 0.304 e. The zero-order chi connectivity index (χ0) is 22.8. The molecule has 9 nitrogen and oxygen atoms in total. The van der Waals surface area contributed by atoms with Gasteiger partial charge in [0.25, 0.3) is 5.90 Å². The summed E-state index contributed by atoms with van der Waals surface area (Å²) in [6.07, 6.45) is 1.78. The first-order valence-electron chi connectivity index (χ1n) is 10.4. The molecule has 9 heteroatoms. The highest BCUT2D eigenvalue weighted by atomic mass is 16.6. The second kappa shape index (κ2) is 8.80. The smallest absolute Gasteiger partial charge is 0.304 e. The van der Waals surface area contributed by atoms with Crippen molar-refractivity contribution in [1.82, 2.24) is 15.2 Å². The summed E-state index contributed by atoms with van der Waals surface area (Å²) in [6, 6.07) is 9.17. The van der Waals surface area contributed by atoms with E-state index < -0.39 is 5.97 Å². The molecule has 4 N–H and O–H groups in total. The number of hydrogen-bond acceptors (Lipinski definition) is 7. The number of fused-ring (bicyclic) bond motifs is 3. The number of aliphatic carboxylic acids is 1. The molecule has 2 aromatic heterocycles. The number of nitrogens with zero attached hydrogens (tertiary/aromatic N) is 3. The molecule has 32 heavy (non-hydrogen) atoms. The van der Waals surface area contributed by atoms with Gasteiger partial charge in [0.05, 0.1) is 18.2 Å². The number of aromatic amines is 1. The van der Waals surface area contributed by atoms with E-state index in [1.807, 2.05) is 32.0 Å². The van der Waals surface area contributed by atoms with Gasteiger partial charge in [0, 0.05) is 34.1 Å². The normalized spacial score (nSPS) is 15.8. The number of ether oxygens (including phenoxy) is 1. The summed E-state index contributed by atoms with van der Waals surface area (Å²) in [5, 5.41) is 18.3. The van der Waals surface area contributed by atoms with Crippen LogP contribution in [0.5, 0.6) is 5.88 Å². The van der Waals surface area contributed by atoms with Crippen LogP contribution in [0, 0.1) is 0 Å². The molecule has 0 aliphatic heterocycles. The van der Waals surface area contributed by atoms with E-state index in [0.29, 0.717) is 17.3 Å². The average molecular weight is 435 g/mol. The summed E-state index contributed by atoms with van der Waals surface area (Å²) >= 11 is 0. The highest BCUT2D eigenvalue weighted by molar-refractivity contribution is 5.96. The zero-order valence-corrected chi connectivity index (χ0v) is 18.0. The molecular formula is C23H25N5O4. The molecule has 2 heterocycles. The Balaban J connectivity index is 1.60. The van der Waals surface area contributed by atoms with Crippen molar-refractivity contribution in [2.24, 2.45) is 10.9 Å². The predicted molar refractivity (Wildman–Crippen MR) is 120 cm³/mol. The number of carboxylic acids is 1. The molecule has 1 atom stereocenters. The van der Waals surface area contributed by atoms with E-state index in [0.717, 1.165) is 40.6 Å². The molecule has 0 amide bonds. The van der Waals surface area contributed by atoms with Gasteiger partial charge in [0.2, 0.25) is 5.88 Å². The lowest BCUT2D eigenvalue weighted by atomic mass is 10.0. The van der Waals surface area contributed by atoms with Gasteiger partial charge >= 0.3 is 5.97 Å². The molecule has 0 spiro atoms. The fraction of sp³-hybridized carbons (Fsp3) is 0.304. The third-order valence-corrected chi connectivity index (χ3v) is 5.41. The fourth-order valence-corrected chi connectivity index (χ4v) is 4.01. The van der Waals surface area contributed by atoms with E-state index in [9.17, 15) is 4.79 Å². The summed E-state index contributed by atoms with van der Waals surface area (Å²) in [5.74, 6) is 5.13. The first kappa shape index (κ1) is 21.5. The van der Waals surface area contributed by atoms with Crippen LogP contribution in [0.2, 0.25) is 0 Å². The second-order valence-electron chi connectivity index (χ2n) is 8.02. The number of rotatable bonds is 7. The molecule has 0 radical (unpaired) electrons. The van der Waals surface area contributed by atoms with Crippen LogP contribution in [0.4, 0.5) is 0 Å². The van der Waals surface area contributed by atoms with Crippen molar-refractivity contribution in [3.63, 3.8) is 0 Å². The number of aromatic nitrogens is 3. The number of aryl methyl sites for hydroxylation is 1. The summed E-state index contributed by atoms with van der Waals surface area (Å²) in [6.45, 7) is 7.85. The second-order valence-corrected chi connectivity index (χ2v) is 8.02. The molecule has 1 aliphatic rings. The summed E-state index contributed by atoms with van der Waals surface area (Å²) in [7, 11) is 0. The molecule has 1 unspecified atom stereocenters. The third kappa shape index (κ3) is 4.33. The molecule has 3 aromatic rings. The lowest BCUT2D eigenvalue weighted by Crippen LogP contribution is -2.15. The first-order chi connectivity index (χ1) is 15.4. The number of nitrogens with one attached hydrogen (secondary N) is 1. The number of nitrogens with two attached hydrogens (primary N) is 1. The van der Waals surface area contributed by atoms with Crippen LogP contribution in [0.3, 0.4) is 0 Å². The van der Waals surface area contributed by atoms with Gasteiger partial charge in [-0.2, -0.15) is 5.90 Å². The zero-order valence-electron chi connectivity index (χ0n) is 18.0. The van der Waals surface area contributed by atoms with E-state index >= 15 is 0 Å². The van der Waals surface area contributed by atoms with Crippen LogP contribution in [-0.2, 0) is 16.1 Å². The Hall–Kier alpha value is -3.72. The average Bonchev–Trinajstić information content (AvgIpc) is 3.31. The van der Waals surface area contributed by atoms with E-state index in [4.69, 9.17) is 20.6 Å². The van der Waals surface area contributed by atoms with E-state index in [2.05, 4.69) is 26.8 Å². The quantitative estimate of drug-likeness (QED) is 0.293. The molecule has 166 valence electrons.